The highest BCUT2D eigenvalue weighted by atomic mass is 35.5. The average molecular weight is 387 g/mol. The first-order chi connectivity index (χ1) is 11.1. The number of benzene rings is 2. The minimum atomic E-state index is -4.06. The molecule has 128 valence electrons. The van der Waals surface area contributed by atoms with Gasteiger partial charge in [-0.05, 0) is 42.8 Å². The second-order valence-electron chi connectivity index (χ2n) is 4.95. The van der Waals surface area contributed by atoms with E-state index in [-0.39, 0.29) is 15.5 Å². The van der Waals surface area contributed by atoms with E-state index < -0.39 is 20.0 Å². The molecule has 24 heavy (non-hydrogen) atoms. The summed E-state index contributed by atoms with van der Waals surface area (Å²) in [5.74, 6) is 0. The molecule has 2 aromatic carbocycles. The summed E-state index contributed by atoms with van der Waals surface area (Å²) in [7, 11) is -8.00. The molecule has 0 bridgehead atoms. The van der Waals surface area contributed by atoms with Crippen molar-refractivity contribution in [2.45, 2.75) is 11.8 Å². The lowest BCUT2D eigenvalue weighted by atomic mass is 10.2. The maximum Gasteiger partial charge on any atom is 0.257 e. The van der Waals surface area contributed by atoms with Crippen molar-refractivity contribution in [3.63, 3.8) is 0 Å². The molecule has 0 aliphatic rings. The summed E-state index contributed by atoms with van der Waals surface area (Å²) in [4.78, 5) is -0.290. The van der Waals surface area contributed by atoms with Crippen molar-refractivity contribution in [2.75, 3.05) is 4.72 Å². The van der Waals surface area contributed by atoms with E-state index in [2.05, 4.69) is 4.72 Å². The zero-order valence-corrected chi connectivity index (χ0v) is 15.0. The summed E-state index contributed by atoms with van der Waals surface area (Å²) in [6.45, 7) is 1.40. The number of hydrogen-bond acceptors (Lipinski definition) is 4. The van der Waals surface area contributed by atoms with Crippen LogP contribution in [0.15, 0.2) is 58.3 Å². The van der Waals surface area contributed by atoms with Crippen LogP contribution < -0.4 is 9.86 Å². The Balaban J connectivity index is 2.37. The van der Waals surface area contributed by atoms with Gasteiger partial charge in [-0.2, -0.15) is 0 Å². The van der Waals surface area contributed by atoms with Crippen LogP contribution >= 0.6 is 11.6 Å². The zero-order chi connectivity index (χ0) is 18.0. The van der Waals surface area contributed by atoms with Crippen LogP contribution in [0.5, 0.6) is 0 Å². The molecule has 0 radical (unpaired) electrons. The van der Waals surface area contributed by atoms with Gasteiger partial charge in [0.2, 0.25) is 10.0 Å². The Kier molecular flexibility index (Phi) is 5.34. The molecular formula is C15H15ClN2O4S2. The number of hydrogen-bond donors (Lipinski definition) is 2. The van der Waals surface area contributed by atoms with E-state index in [0.29, 0.717) is 10.6 Å². The van der Waals surface area contributed by atoms with Gasteiger partial charge in [-0.1, -0.05) is 35.9 Å². The van der Waals surface area contributed by atoms with Crippen LogP contribution in [0.3, 0.4) is 0 Å². The van der Waals surface area contributed by atoms with E-state index >= 15 is 0 Å². The lowest BCUT2D eigenvalue weighted by Crippen LogP contribution is -2.19. The number of para-hydroxylation sites is 1. The van der Waals surface area contributed by atoms with E-state index in [1.165, 1.54) is 37.3 Å². The molecule has 0 heterocycles. The van der Waals surface area contributed by atoms with E-state index in [9.17, 15) is 16.8 Å². The third kappa shape index (κ3) is 4.57. The SMILES string of the molecule is C/C(=C\c1ccc(Cl)cc1)S(=O)(=O)Nc1ccccc1S(N)(=O)=O. The number of nitrogens with two attached hydrogens (primary N) is 1. The van der Waals surface area contributed by atoms with Crippen LogP contribution in [-0.2, 0) is 20.0 Å². The van der Waals surface area contributed by atoms with Gasteiger partial charge >= 0.3 is 0 Å². The predicted octanol–water partition coefficient (Wildman–Crippen LogP) is 2.79. The molecule has 9 heteroatoms. The zero-order valence-electron chi connectivity index (χ0n) is 12.6. The minimum absolute atomic E-state index is 0.00837. The molecule has 0 amide bonds. The van der Waals surface area contributed by atoms with Crippen molar-refractivity contribution in [1.82, 2.24) is 0 Å². The molecule has 0 aliphatic heterocycles. The van der Waals surface area contributed by atoms with Crippen LogP contribution in [0.2, 0.25) is 5.02 Å². The smallest absolute Gasteiger partial charge is 0.257 e. The van der Waals surface area contributed by atoms with E-state index in [4.69, 9.17) is 16.7 Å². The van der Waals surface area contributed by atoms with Crippen LogP contribution in [0, 0.1) is 0 Å². The van der Waals surface area contributed by atoms with Crippen molar-refractivity contribution >= 4 is 43.4 Å². The maximum absolute atomic E-state index is 12.4. The summed E-state index contributed by atoms with van der Waals surface area (Å²) >= 11 is 5.79. The molecular weight excluding hydrogens is 372 g/mol. The number of allylic oxidation sites excluding steroid dienone is 1. The lowest BCUT2D eigenvalue weighted by Gasteiger charge is -2.11. The molecule has 6 nitrogen and oxygen atoms in total. The Morgan fingerprint density at radius 2 is 1.62 bits per heavy atom. The fourth-order valence-electron chi connectivity index (χ4n) is 1.90. The first-order valence-electron chi connectivity index (χ1n) is 6.68. The molecule has 0 saturated heterocycles. The van der Waals surface area contributed by atoms with Gasteiger partial charge in [-0.3, -0.25) is 4.72 Å². The molecule has 0 aromatic heterocycles. The minimum Gasteiger partial charge on any atom is -0.279 e. The highest BCUT2D eigenvalue weighted by Gasteiger charge is 2.19. The van der Waals surface area contributed by atoms with Gasteiger partial charge in [-0.25, -0.2) is 22.0 Å². The normalized spacial score (nSPS) is 12.9. The highest BCUT2D eigenvalue weighted by molar-refractivity contribution is 7.96. The number of rotatable bonds is 5. The van der Waals surface area contributed by atoms with E-state index in [1.807, 2.05) is 0 Å². The first kappa shape index (κ1) is 18.5. The molecule has 2 rings (SSSR count). The van der Waals surface area contributed by atoms with Gasteiger partial charge in [-0.15, -0.1) is 0 Å². The largest absolute Gasteiger partial charge is 0.279 e. The van der Waals surface area contributed by atoms with Gasteiger partial charge in [0, 0.05) is 5.02 Å². The maximum atomic E-state index is 12.4. The predicted molar refractivity (Wildman–Crippen MR) is 95.5 cm³/mol. The molecule has 0 spiro atoms. The Morgan fingerprint density at radius 3 is 2.21 bits per heavy atom. The number of nitrogens with one attached hydrogen (secondary N) is 1. The first-order valence-corrected chi connectivity index (χ1v) is 10.1. The van der Waals surface area contributed by atoms with Crippen molar-refractivity contribution in [3.8, 4) is 0 Å². The van der Waals surface area contributed by atoms with Crippen molar-refractivity contribution in [1.29, 1.82) is 0 Å². The summed E-state index contributed by atoms with van der Waals surface area (Å²) in [5, 5.41) is 5.64. The second kappa shape index (κ2) is 6.94. The molecule has 0 unspecified atom stereocenters. The fourth-order valence-corrected chi connectivity index (χ4v) is 3.70. The van der Waals surface area contributed by atoms with E-state index in [1.54, 1.807) is 24.3 Å². The summed E-state index contributed by atoms with van der Waals surface area (Å²) in [6.07, 6.45) is 1.44. The van der Waals surface area contributed by atoms with Crippen LogP contribution in [-0.4, -0.2) is 16.8 Å². The molecule has 0 aliphatic carbocycles. The van der Waals surface area contributed by atoms with Crippen LogP contribution in [0.4, 0.5) is 5.69 Å². The van der Waals surface area contributed by atoms with Gasteiger partial charge in [0.15, 0.2) is 0 Å². The van der Waals surface area contributed by atoms with Gasteiger partial charge in [0.1, 0.15) is 4.90 Å². The molecule has 0 fully saturated rings. The molecule has 3 N–H and O–H groups in total. The van der Waals surface area contributed by atoms with Gasteiger partial charge < -0.3 is 0 Å². The average Bonchev–Trinajstić information content (AvgIpc) is 2.48. The fraction of sp³-hybridized carbons (Fsp3) is 0.0667. The number of halogens is 1. The number of sulfonamides is 2. The monoisotopic (exact) mass is 386 g/mol. The Bertz CT molecular complexity index is 982. The van der Waals surface area contributed by atoms with Crippen molar-refractivity contribution in [2.24, 2.45) is 5.14 Å². The quantitative estimate of drug-likeness (QED) is 0.823. The van der Waals surface area contributed by atoms with Crippen molar-refractivity contribution < 1.29 is 16.8 Å². The highest BCUT2D eigenvalue weighted by Crippen LogP contribution is 2.23. The third-order valence-electron chi connectivity index (χ3n) is 3.10. The molecule has 2 aromatic rings. The van der Waals surface area contributed by atoms with Crippen LogP contribution in [0.25, 0.3) is 6.08 Å². The number of primary sulfonamides is 1. The number of anilines is 1. The standard InChI is InChI=1S/C15H15ClN2O4S2/c1-11(10-12-6-8-13(16)9-7-12)24(21,22)18-14-4-2-3-5-15(14)23(17,19)20/h2-10,18H,1H3,(H2,17,19,20)/b11-10+. The second-order valence-corrected chi connectivity index (χ2v) is 8.77. The van der Waals surface area contributed by atoms with Gasteiger partial charge in [0.05, 0.1) is 10.6 Å². The van der Waals surface area contributed by atoms with E-state index in [0.717, 1.165) is 0 Å². The van der Waals surface area contributed by atoms with Crippen LogP contribution in [0.1, 0.15) is 12.5 Å². The molecule has 0 saturated carbocycles. The Labute approximate surface area is 146 Å². The lowest BCUT2D eigenvalue weighted by molar-refractivity contribution is 0.598. The van der Waals surface area contributed by atoms with Crippen molar-refractivity contribution in [3.05, 3.63) is 64.0 Å². The third-order valence-corrected chi connectivity index (χ3v) is 5.78. The topological polar surface area (TPSA) is 106 Å². The molecule has 0 atom stereocenters. The summed E-state index contributed by atoms with van der Waals surface area (Å²) < 4.78 is 50.2. The Hall–Kier alpha value is -1.87. The summed E-state index contributed by atoms with van der Waals surface area (Å²) in [5.41, 5.74) is 0.533. The summed E-state index contributed by atoms with van der Waals surface area (Å²) in [6, 6.07) is 12.1. The Morgan fingerprint density at radius 1 is 1.04 bits per heavy atom. The van der Waals surface area contributed by atoms with Gasteiger partial charge in [0.25, 0.3) is 10.0 Å².